The lowest BCUT2D eigenvalue weighted by atomic mass is 10.1. The number of hydrogen-bond acceptors (Lipinski definition) is 2. The molecule has 3 N–H and O–H groups in total. The van der Waals surface area contributed by atoms with Gasteiger partial charge in [0.1, 0.15) is 0 Å². The summed E-state index contributed by atoms with van der Waals surface area (Å²) in [7, 11) is 0. The maximum Gasteiger partial charge on any atom is 0.255 e. The minimum Gasteiger partial charge on any atom is -0.321 e. The first-order valence-corrected chi connectivity index (χ1v) is 6.92. The van der Waals surface area contributed by atoms with Crippen molar-refractivity contribution in [3.05, 3.63) is 63.6 Å². The summed E-state index contributed by atoms with van der Waals surface area (Å²) in [5.74, 6) is 5.34. The number of carbonyl (C=O) groups is 1. The first-order chi connectivity index (χ1) is 10.1. The molecule has 0 unspecified atom stereocenters. The number of hydrogen-bond donors (Lipinski definition) is 2. The van der Waals surface area contributed by atoms with Crippen LogP contribution in [0, 0.1) is 11.8 Å². The van der Waals surface area contributed by atoms with Crippen molar-refractivity contribution in [3.63, 3.8) is 0 Å². The van der Waals surface area contributed by atoms with Crippen molar-refractivity contribution >= 4 is 34.8 Å². The number of carbonyl (C=O) groups excluding carboxylic acids is 1. The lowest BCUT2D eigenvalue weighted by Gasteiger charge is -2.08. The van der Waals surface area contributed by atoms with Crippen LogP contribution >= 0.6 is 23.2 Å². The molecule has 0 aromatic heterocycles. The highest BCUT2D eigenvalue weighted by atomic mass is 35.5. The van der Waals surface area contributed by atoms with E-state index in [0.29, 0.717) is 21.3 Å². The SMILES string of the molecule is NCC#Cc1cccc(C(=O)Nc2cccc(Cl)c2Cl)c1. The molecule has 0 radical (unpaired) electrons. The van der Waals surface area contributed by atoms with Crippen molar-refractivity contribution < 1.29 is 4.79 Å². The summed E-state index contributed by atoms with van der Waals surface area (Å²) in [5, 5.41) is 3.42. The normalized spacial score (nSPS) is 9.67. The van der Waals surface area contributed by atoms with E-state index in [9.17, 15) is 4.79 Å². The van der Waals surface area contributed by atoms with Gasteiger partial charge in [-0.15, -0.1) is 0 Å². The van der Waals surface area contributed by atoms with Crippen LogP contribution in [0.1, 0.15) is 15.9 Å². The Kier molecular flexibility index (Phi) is 5.24. The highest BCUT2D eigenvalue weighted by Crippen LogP contribution is 2.29. The van der Waals surface area contributed by atoms with E-state index in [1.54, 1.807) is 36.4 Å². The number of halogens is 2. The third kappa shape index (κ3) is 3.99. The van der Waals surface area contributed by atoms with Crippen LogP contribution in [0.25, 0.3) is 0 Å². The number of amides is 1. The summed E-state index contributed by atoms with van der Waals surface area (Å²) in [5.41, 5.74) is 7.00. The zero-order chi connectivity index (χ0) is 15.2. The molecule has 3 nitrogen and oxygen atoms in total. The fourth-order valence-corrected chi connectivity index (χ4v) is 2.03. The monoisotopic (exact) mass is 318 g/mol. The number of anilines is 1. The summed E-state index contributed by atoms with van der Waals surface area (Å²) in [6, 6.07) is 12.0. The van der Waals surface area contributed by atoms with E-state index in [0.717, 1.165) is 5.56 Å². The van der Waals surface area contributed by atoms with Crippen molar-refractivity contribution in [2.45, 2.75) is 0 Å². The Labute approximate surface area is 133 Å². The molecule has 0 saturated carbocycles. The fourth-order valence-electron chi connectivity index (χ4n) is 1.69. The number of nitrogens with one attached hydrogen (secondary N) is 1. The van der Waals surface area contributed by atoms with E-state index in [4.69, 9.17) is 28.9 Å². The highest BCUT2D eigenvalue weighted by Gasteiger charge is 2.10. The van der Waals surface area contributed by atoms with E-state index in [-0.39, 0.29) is 12.5 Å². The van der Waals surface area contributed by atoms with E-state index >= 15 is 0 Å². The van der Waals surface area contributed by atoms with Gasteiger partial charge in [0, 0.05) is 11.1 Å². The molecule has 0 aliphatic carbocycles. The van der Waals surface area contributed by atoms with Crippen LogP contribution in [-0.4, -0.2) is 12.5 Å². The van der Waals surface area contributed by atoms with Crippen LogP contribution in [0.2, 0.25) is 10.0 Å². The van der Waals surface area contributed by atoms with E-state index in [1.165, 1.54) is 0 Å². The third-order valence-electron chi connectivity index (χ3n) is 2.66. The lowest BCUT2D eigenvalue weighted by molar-refractivity contribution is 0.102. The van der Waals surface area contributed by atoms with Crippen LogP contribution < -0.4 is 11.1 Å². The average Bonchev–Trinajstić information content (AvgIpc) is 2.50. The van der Waals surface area contributed by atoms with Crippen molar-refractivity contribution in [1.29, 1.82) is 0 Å². The van der Waals surface area contributed by atoms with Crippen LogP contribution in [0.4, 0.5) is 5.69 Å². The molecule has 0 atom stereocenters. The van der Waals surface area contributed by atoms with Crippen LogP contribution in [-0.2, 0) is 0 Å². The molecule has 0 bridgehead atoms. The maximum atomic E-state index is 12.2. The molecule has 0 saturated heterocycles. The molecule has 21 heavy (non-hydrogen) atoms. The van der Waals surface area contributed by atoms with Gasteiger partial charge in [0.25, 0.3) is 5.91 Å². The zero-order valence-electron chi connectivity index (χ0n) is 11.0. The summed E-state index contributed by atoms with van der Waals surface area (Å²) >= 11 is 12.0. The zero-order valence-corrected chi connectivity index (χ0v) is 12.5. The van der Waals surface area contributed by atoms with E-state index < -0.39 is 0 Å². The van der Waals surface area contributed by atoms with Crippen molar-refractivity contribution in [2.75, 3.05) is 11.9 Å². The molecule has 5 heteroatoms. The standard InChI is InChI=1S/C16H12Cl2N2O/c17-13-7-2-8-14(15(13)18)20-16(21)12-6-1-4-11(10-12)5-3-9-19/h1-2,4,6-8,10H,9,19H2,(H,20,21). The molecule has 1 amide bonds. The Bertz CT molecular complexity index is 733. The van der Waals surface area contributed by atoms with Gasteiger partial charge in [-0.05, 0) is 30.3 Å². The fraction of sp³-hybridized carbons (Fsp3) is 0.0625. The quantitative estimate of drug-likeness (QED) is 0.832. The van der Waals surface area contributed by atoms with Gasteiger partial charge in [-0.1, -0.05) is 47.2 Å². The maximum absolute atomic E-state index is 12.2. The molecular weight excluding hydrogens is 307 g/mol. The second kappa shape index (κ2) is 7.14. The number of benzene rings is 2. The average molecular weight is 319 g/mol. The van der Waals surface area contributed by atoms with Crippen LogP contribution in [0.5, 0.6) is 0 Å². The van der Waals surface area contributed by atoms with Gasteiger partial charge in [0.2, 0.25) is 0 Å². The van der Waals surface area contributed by atoms with Gasteiger partial charge < -0.3 is 11.1 Å². The van der Waals surface area contributed by atoms with Gasteiger partial charge in [0.15, 0.2) is 0 Å². The van der Waals surface area contributed by atoms with Crippen LogP contribution in [0.3, 0.4) is 0 Å². The van der Waals surface area contributed by atoms with Crippen LogP contribution in [0.15, 0.2) is 42.5 Å². The van der Waals surface area contributed by atoms with E-state index in [2.05, 4.69) is 17.2 Å². The summed E-state index contributed by atoms with van der Waals surface area (Å²) in [4.78, 5) is 12.2. The van der Waals surface area contributed by atoms with E-state index in [1.807, 2.05) is 6.07 Å². The predicted molar refractivity (Wildman–Crippen MR) is 86.8 cm³/mol. The molecule has 0 heterocycles. The molecular formula is C16H12Cl2N2O. The van der Waals surface area contributed by atoms with Gasteiger partial charge in [-0.3, -0.25) is 4.79 Å². The molecule has 0 aliphatic heterocycles. The topological polar surface area (TPSA) is 55.1 Å². The Morgan fingerprint density at radius 2 is 1.95 bits per heavy atom. The lowest BCUT2D eigenvalue weighted by Crippen LogP contribution is -2.12. The summed E-state index contributed by atoms with van der Waals surface area (Å²) < 4.78 is 0. The Hall–Kier alpha value is -1.99. The molecule has 0 aliphatic rings. The van der Waals surface area contributed by atoms with Crippen molar-refractivity contribution in [3.8, 4) is 11.8 Å². The Morgan fingerprint density at radius 3 is 2.71 bits per heavy atom. The van der Waals surface area contributed by atoms with Gasteiger partial charge in [-0.25, -0.2) is 0 Å². The molecule has 2 aromatic rings. The third-order valence-corrected chi connectivity index (χ3v) is 3.48. The molecule has 2 rings (SSSR count). The molecule has 106 valence electrons. The summed E-state index contributed by atoms with van der Waals surface area (Å²) in [6.45, 7) is 0.272. The van der Waals surface area contributed by atoms with Crippen molar-refractivity contribution in [1.82, 2.24) is 0 Å². The molecule has 0 spiro atoms. The Morgan fingerprint density at radius 1 is 1.19 bits per heavy atom. The van der Waals surface area contributed by atoms with Gasteiger partial charge >= 0.3 is 0 Å². The molecule has 2 aromatic carbocycles. The Balaban J connectivity index is 2.22. The first kappa shape index (κ1) is 15.4. The predicted octanol–water partition coefficient (Wildman–Crippen LogP) is 3.56. The van der Waals surface area contributed by atoms with Crippen molar-refractivity contribution in [2.24, 2.45) is 5.73 Å². The molecule has 0 fully saturated rings. The highest BCUT2D eigenvalue weighted by molar-refractivity contribution is 6.44. The minimum absolute atomic E-state index is 0.272. The largest absolute Gasteiger partial charge is 0.321 e. The smallest absolute Gasteiger partial charge is 0.255 e. The van der Waals surface area contributed by atoms with Gasteiger partial charge in [0.05, 0.1) is 22.3 Å². The number of rotatable bonds is 2. The first-order valence-electron chi connectivity index (χ1n) is 6.16. The van der Waals surface area contributed by atoms with Gasteiger partial charge in [-0.2, -0.15) is 0 Å². The number of nitrogens with two attached hydrogens (primary N) is 1. The second-order valence-electron chi connectivity index (χ2n) is 4.14. The minimum atomic E-state index is -0.282. The summed E-state index contributed by atoms with van der Waals surface area (Å²) in [6.07, 6.45) is 0. The second-order valence-corrected chi connectivity index (χ2v) is 4.93.